The Morgan fingerprint density at radius 2 is 1.00 bits per heavy atom. The molecule has 0 saturated carbocycles. The highest BCUT2D eigenvalue weighted by atomic mass is 127. The lowest BCUT2D eigenvalue weighted by atomic mass is 10.8. The molecule has 0 amide bonds. The monoisotopic (exact) mass is 354 g/mol. The fraction of sp³-hybridized carbons (Fsp3) is 1.00. The molecular weight excluding hydrogens is 354 g/mol. The van der Waals surface area contributed by atoms with Crippen molar-refractivity contribution >= 4 is 45.2 Å². The van der Waals surface area contributed by atoms with Crippen molar-refractivity contribution in [3.05, 3.63) is 0 Å². The van der Waals surface area contributed by atoms with Crippen molar-refractivity contribution in [2.24, 2.45) is 0 Å². The highest BCUT2D eigenvalue weighted by Crippen LogP contribution is 2.44. The van der Waals surface area contributed by atoms with Crippen molar-refractivity contribution in [2.75, 3.05) is 0 Å². The first-order chi connectivity index (χ1) is 3.25. The van der Waals surface area contributed by atoms with Crippen LogP contribution in [0.2, 0.25) is 0 Å². The van der Waals surface area contributed by atoms with Gasteiger partial charge in [-0.2, -0.15) is 13.2 Å². The molecule has 0 fully saturated rings. The summed E-state index contributed by atoms with van der Waals surface area (Å²) in [6, 6.07) is 0. The molecule has 0 bridgehead atoms. The van der Waals surface area contributed by atoms with E-state index in [9.17, 15) is 17.6 Å². The lowest BCUT2D eigenvalue weighted by molar-refractivity contribution is -0.154. The summed E-state index contributed by atoms with van der Waals surface area (Å²) >= 11 is 1.36. The number of hydrogen-bond donors (Lipinski definition) is 0. The molecule has 0 saturated heterocycles. The van der Waals surface area contributed by atoms with Crippen LogP contribution in [0.15, 0.2) is 0 Å². The molecule has 0 N–H and O–H groups in total. The molecule has 0 nitrogen and oxygen atoms in total. The van der Waals surface area contributed by atoms with Crippen molar-refractivity contribution in [1.82, 2.24) is 0 Å². The second kappa shape index (κ2) is 2.43. The lowest BCUT2D eigenvalue weighted by Gasteiger charge is -2.13. The SMILES string of the molecule is FC(F)(F)C(F)(I)I. The van der Waals surface area contributed by atoms with Crippen molar-refractivity contribution in [1.29, 1.82) is 0 Å². The van der Waals surface area contributed by atoms with Crippen LogP contribution in [0, 0.1) is 0 Å². The number of alkyl halides is 6. The first-order valence-electron chi connectivity index (χ1n) is 1.38. The third-order valence-corrected chi connectivity index (χ3v) is 1.54. The van der Waals surface area contributed by atoms with Crippen molar-refractivity contribution in [2.45, 2.75) is 7.86 Å². The van der Waals surface area contributed by atoms with E-state index in [1.807, 2.05) is 0 Å². The van der Waals surface area contributed by atoms with Gasteiger partial charge in [-0.3, -0.25) is 0 Å². The zero-order chi connectivity index (χ0) is 7.00. The Hall–Kier alpha value is 1.18. The van der Waals surface area contributed by atoms with Crippen molar-refractivity contribution < 1.29 is 17.6 Å². The van der Waals surface area contributed by atoms with E-state index >= 15 is 0 Å². The van der Waals surface area contributed by atoms with Gasteiger partial charge in [0.2, 0.25) is 0 Å². The van der Waals surface area contributed by atoms with E-state index in [1.54, 1.807) is 0 Å². The lowest BCUT2D eigenvalue weighted by Crippen LogP contribution is -2.27. The second-order valence-electron chi connectivity index (χ2n) is 0.996. The van der Waals surface area contributed by atoms with Crippen molar-refractivity contribution in [3.63, 3.8) is 0 Å². The molecule has 0 aliphatic rings. The van der Waals surface area contributed by atoms with Gasteiger partial charge in [0.25, 0.3) is 0 Å². The van der Waals surface area contributed by atoms with Gasteiger partial charge in [0.05, 0.1) is 0 Å². The quantitative estimate of drug-likeness (QED) is 0.357. The van der Waals surface area contributed by atoms with Gasteiger partial charge in [0.15, 0.2) is 0 Å². The molecule has 0 atom stereocenters. The molecule has 0 aliphatic heterocycles. The minimum absolute atomic E-state index is 0.678. The van der Waals surface area contributed by atoms with Crippen LogP contribution in [-0.4, -0.2) is 7.86 Å². The van der Waals surface area contributed by atoms with E-state index in [0.717, 1.165) is 0 Å². The fourth-order valence-corrected chi connectivity index (χ4v) is 0. The van der Waals surface area contributed by atoms with Gasteiger partial charge in [-0.1, -0.05) is 0 Å². The smallest absolute Gasteiger partial charge is 0.210 e. The molecule has 8 heavy (non-hydrogen) atoms. The van der Waals surface area contributed by atoms with Crippen LogP contribution in [0.4, 0.5) is 17.6 Å². The summed E-state index contributed by atoms with van der Waals surface area (Å²) in [5.74, 6) is 0. The van der Waals surface area contributed by atoms with Crippen LogP contribution in [0.1, 0.15) is 0 Å². The predicted octanol–water partition coefficient (Wildman–Crippen LogP) is 3.04. The standard InChI is InChI=1S/C2F4I2/c3-1(4,5)2(6,7)8. The molecule has 0 spiro atoms. The van der Waals surface area contributed by atoms with E-state index in [-0.39, 0.29) is 0 Å². The number of rotatable bonds is 0. The molecule has 0 unspecified atom stereocenters. The van der Waals surface area contributed by atoms with Crippen LogP contribution in [-0.2, 0) is 0 Å². The summed E-state index contributed by atoms with van der Waals surface area (Å²) in [4.78, 5) is 0. The van der Waals surface area contributed by atoms with Gasteiger partial charge in [-0.25, -0.2) is 4.39 Å². The Kier molecular flexibility index (Phi) is 2.79. The zero-order valence-corrected chi connectivity index (χ0v) is 7.58. The van der Waals surface area contributed by atoms with Gasteiger partial charge in [-0.05, 0) is 45.2 Å². The van der Waals surface area contributed by atoms with Crippen LogP contribution < -0.4 is 0 Å². The maximum absolute atomic E-state index is 11.7. The Morgan fingerprint density at radius 1 is 0.875 bits per heavy atom. The molecule has 0 heterocycles. The zero-order valence-electron chi connectivity index (χ0n) is 3.27. The Balaban J connectivity index is 4.02. The third kappa shape index (κ3) is 2.65. The van der Waals surface area contributed by atoms with E-state index in [1.165, 1.54) is 0 Å². The summed E-state index contributed by atoms with van der Waals surface area (Å²) in [7, 11) is 0. The molecule has 50 valence electrons. The minimum Gasteiger partial charge on any atom is -0.210 e. The average Bonchev–Trinajstić information content (AvgIpc) is 1.25. The maximum Gasteiger partial charge on any atom is 0.441 e. The second-order valence-corrected chi connectivity index (χ2v) is 6.03. The maximum atomic E-state index is 11.7. The van der Waals surface area contributed by atoms with Crippen molar-refractivity contribution in [3.8, 4) is 0 Å². The highest BCUT2D eigenvalue weighted by Gasteiger charge is 2.52. The molecule has 0 aliphatic carbocycles. The molecule has 0 aromatic rings. The van der Waals surface area contributed by atoms with Gasteiger partial charge in [0, 0.05) is 0 Å². The average molecular weight is 354 g/mol. The molecule has 0 radical (unpaired) electrons. The van der Waals surface area contributed by atoms with Crippen LogP contribution in [0.5, 0.6) is 0 Å². The van der Waals surface area contributed by atoms with Crippen LogP contribution >= 0.6 is 45.2 Å². The third-order valence-electron chi connectivity index (χ3n) is 0.321. The summed E-state index contributed by atoms with van der Waals surface area (Å²) in [6.07, 6.45) is -4.76. The summed E-state index contributed by atoms with van der Waals surface area (Å²) in [5.41, 5.74) is 0. The van der Waals surface area contributed by atoms with Crippen LogP contribution in [0.3, 0.4) is 0 Å². The Morgan fingerprint density at radius 3 is 1.00 bits per heavy atom. The molecular formula is C2F4I2. The van der Waals surface area contributed by atoms with Gasteiger partial charge >= 0.3 is 7.86 Å². The first-order valence-corrected chi connectivity index (χ1v) is 3.54. The van der Waals surface area contributed by atoms with E-state index in [2.05, 4.69) is 0 Å². The van der Waals surface area contributed by atoms with Gasteiger partial charge in [0.1, 0.15) is 0 Å². The number of halogens is 6. The van der Waals surface area contributed by atoms with E-state index < -0.39 is 7.86 Å². The molecule has 0 rings (SSSR count). The van der Waals surface area contributed by atoms with Crippen LogP contribution in [0.25, 0.3) is 0 Å². The normalized spacial score (nSPS) is 14.2. The Labute approximate surface area is 70.3 Å². The summed E-state index contributed by atoms with van der Waals surface area (Å²) in [6.45, 7) is 0. The molecule has 6 heteroatoms. The van der Waals surface area contributed by atoms with E-state index in [0.29, 0.717) is 45.2 Å². The highest BCUT2D eigenvalue weighted by molar-refractivity contribution is 14.2. The minimum atomic E-state index is -4.76. The largest absolute Gasteiger partial charge is 0.441 e. The number of hydrogen-bond acceptors (Lipinski definition) is 0. The van der Waals surface area contributed by atoms with Gasteiger partial charge in [-0.15, -0.1) is 0 Å². The topological polar surface area (TPSA) is 0 Å². The Bertz CT molecular complexity index is 67.0. The summed E-state index contributed by atoms with van der Waals surface area (Å²) in [5, 5.41) is 0. The molecule has 0 aromatic carbocycles. The molecule has 0 aromatic heterocycles. The first kappa shape index (κ1) is 9.18. The predicted molar refractivity (Wildman–Crippen MR) is 37.9 cm³/mol. The van der Waals surface area contributed by atoms with Gasteiger partial charge < -0.3 is 0 Å². The van der Waals surface area contributed by atoms with E-state index in [4.69, 9.17) is 0 Å². The summed E-state index contributed by atoms with van der Waals surface area (Å²) < 4.78 is 42.1. The fourth-order valence-electron chi connectivity index (χ4n) is 0.